The molecular weight excluding hydrogens is 295 g/mol. The Morgan fingerprint density at radius 3 is 2.88 bits per heavy atom. The van der Waals surface area contributed by atoms with E-state index in [9.17, 15) is 9.18 Å². The van der Waals surface area contributed by atoms with Gasteiger partial charge in [-0.25, -0.2) is 0 Å². The second-order valence-corrected chi connectivity index (χ2v) is 5.74. The number of halogens is 2. The quantitative estimate of drug-likeness (QED) is 0.588. The third-order valence-corrected chi connectivity index (χ3v) is 3.58. The SMILES string of the molecule is CCOC(=O)CCCCc1cc(Br)sc1F. The van der Waals surface area contributed by atoms with Crippen LogP contribution < -0.4 is 0 Å². The average molecular weight is 309 g/mol. The molecular formula is C11H14BrFO2S. The first-order chi connectivity index (χ1) is 7.63. The summed E-state index contributed by atoms with van der Waals surface area (Å²) in [6.45, 7) is 2.21. The lowest BCUT2D eigenvalue weighted by molar-refractivity contribution is -0.143. The van der Waals surface area contributed by atoms with Crippen molar-refractivity contribution in [1.29, 1.82) is 0 Å². The summed E-state index contributed by atoms with van der Waals surface area (Å²) in [5.41, 5.74) is 0.723. The van der Waals surface area contributed by atoms with Crippen LogP contribution in [0.1, 0.15) is 31.7 Å². The fourth-order valence-electron chi connectivity index (χ4n) is 1.36. The minimum absolute atomic E-state index is 0.136. The van der Waals surface area contributed by atoms with Crippen LogP contribution in [0.25, 0.3) is 0 Å². The number of thiophene rings is 1. The summed E-state index contributed by atoms with van der Waals surface area (Å²) >= 11 is 4.34. The van der Waals surface area contributed by atoms with E-state index in [-0.39, 0.29) is 11.1 Å². The Labute approximate surface area is 107 Å². The molecule has 0 aliphatic heterocycles. The lowest BCUT2D eigenvalue weighted by Crippen LogP contribution is -2.03. The monoisotopic (exact) mass is 308 g/mol. The Bertz CT molecular complexity index is 352. The molecule has 2 nitrogen and oxygen atoms in total. The summed E-state index contributed by atoms with van der Waals surface area (Å²) in [6, 6.07) is 1.80. The first kappa shape index (κ1) is 13.6. The zero-order valence-electron chi connectivity index (χ0n) is 9.09. The van der Waals surface area contributed by atoms with Crippen molar-refractivity contribution in [2.75, 3.05) is 6.61 Å². The number of unbranched alkanes of at least 4 members (excludes halogenated alkanes) is 1. The molecule has 0 fully saturated rings. The molecule has 16 heavy (non-hydrogen) atoms. The van der Waals surface area contributed by atoms with Gasteiger partial charge in [0.1, 0.15) is 0 Å². The largest absolute Gasteiger partial charge is 0.466 e. The molecule has 5 heteroatoms. The lowest BCUT2D eigenvalue weighted by atomic mass is 10.1. The topological polar surface area (TPSA) is 26.3 Å². The van der Waals surface area contributed by atoms with Crippen LogP contribution in [0.15, 0.2) is 9.85 Å². The van der Waals surface area contributed by atoms with Gasteiger partial charge in [0.25, 0.3) is 0 Å². The van der Waals surface area contributed by atoms with E-state index in [0.717, 1.165) is 33.5 Å². The van der Waals surface area contributed by atoms with Crippen LogP contribution in [-0.4, -0.2) is 12.6 Å². The van der Waals surface area contributed by atoms with Gasteiger partial charge >= 0.3 is 5.97 Å². The highest BCUT2D eigenvalue weighted by atomic mass is 79.9. The van der Waals surface area contributed by atoms with Crippen LogP contribution in [0.5, 0.6) is 0 Å². The lowest BCUT2D eigenvalue weighted by Gasteiger charge is -2.01. The van der Waals surface area contributed by atoms with Crippen molar-refractivity contribution in [2.45, 2.75) is 32.6 Å². The number of rotatable bonds is 6. The van der Waals surface area contributed by atoms with Gasteiger partial charge in [0, 0.05) is 12.0 Å². The number of carbonyl (C=O) groups excluding carboxylic acids is 1. The standard InChI is InChI=1S/C11H14BrFO2S/c1-2-15-10(14)6-4-3-5-8-7-9(12)16-11(8)13/h7H,2-6H2,1H3. The average Bonchev–Trinajstić information content (AvgIpc) is 2.53. The minimum Gasteiger partial charge on any atom is -0.466 e. The van der Waals surface area contributed by atoms with Crippen LogP contribution in [0.4, 0.5) is 4.39 Å². The van der Waals surface area contributed by atoms with Gasteiger partial charge in [-0.3, -0.25) is 4.79 Å². The molecule has 0 unspecified atom stereocenters. The summed E-state index contributed by atoms with van der Waals surface area (Å²) in [6.07, 6.45) is 2.64. The molecule has 1 heterocycles. The molecule has 0 radical (unpaired) electrons. The molecule has 1 rings (SSSR count). The minimum atomic E-state index is -0.172. The molecule has 0 N–H and O–H groups in total. The van der Waals surface area contributed by atoms with Crippen molar-refractivity contribution in [3.8, 4) is 0 Å². The number of ether oxygens (including phenoxy) is 1. The maximum Gasteiger partial charge on any atom is 0.305 e. The fraction of sp³-hybridized carbons (Fsp3) is 0.545. The van der Waals surface area contributed by atoms with Crippen molar-refractivity contribution < 1.29 is 13.9 Å². The second kappa shape index (κ2) is 7.01. The Balaban J connectivity index is 2.21. The molecule has 0 saturated heterocycles. The van der Waals surface area contributed by atoms with E-state index >= 15 is 0 Å². The highest BCUT2D eigenvalue weighted by Crippen LogP contribution is 2.26. The third kappa shape index (κ3) is 4.61. The van der Waals surface area contributed by atoms with E-state index < -0.39 is 0 Å². The molecule has 0 aliphatic carbocycles. The Hall–Kier alpha value is -0.420. The number of hydrogen-bond acceptors (Lipinski definition) is 3. The zero-order valence-corrected chi connectivity index (χ0v) is 11.5. The van der Waals surface area contributed by atoms with Crippen molar-refractivity contribution in [3.63, 3.8) is 0 Å². The summed E-state index contributed by atoms with van der Waals surface area (Å²) in [7, 11) is 0. The zero-order chi connectivity index (χ0) is 12.0. The van der Waals surface area contributed by atoms with Gasteiger partial charge in [-0.15, -0.1) is 0 Å². The summed E-state index contributed by atoms with van der Waals surface area (Å²) in [4.78, 5) is 11.0. The van der Waals surface area contributed by atoms with E-state index in [0.29, 0.717) is 19.4 Å². The number of aryl methyl sites for hydroxylation is 1. The summed E-state index contributed by atoms with van der Waals surface area (Å²) in [5, 5.41) is -0.136. The van der Waals surface area contributed by atoms with E-state index in [2.05, 4.69) is 15.9 Å². The van der Waals surface area contributed by atoms with Crippen LogP contribution >= 0.6 is 27.3 Å². The number of hydrogen-bond donors (Lipinski definition) is 0. The van der Waals surface area contributed by atoms with Crippen LogP contribution in [0.3, 0.4) is 0 Å². The molecule has 0 saturated carbocycles. The van der Waals surface area contributed by atoms with Crippen molar-refractivity contribution in [1.82, 2.24) is 0 Å². The second-order valence-electron chi connectivity index (χ2n) is 3.36. The summed E-state index contributed by atoms with van der Waals surface area (Å²) < 4.78 is 18.8. The first-order valence-electron chi connectivity index (χ1n) is 5.22. The van der Waals surface area contributed by atoms with Gasteiger partial charge in [-0.2, -0.15) is 4.39 Å². The molecule has 0 amide bonds. The molecule has 90 valence electrons. The highest BCUT2D eigenvalue weighted by Gasteiger charge is 2.07. The van der Waals surface area contributed by atoms with Crippen molar-refractivity contribution in [2.24, 2.45) is 0 Å². The van der Waals surface area contributed by atoms with Crippen molar-refractivity contribution in [3.05, 3.63) is 20.5 Å². The Kier molecular flexibility index (Phi) is 5.98. The highest BCUT2D eigenvalue weighted by molar-refractivity contribution is 9.11. The molecule has 1 aromatic heterocycles. The number of esters is 1. The van der Waals surface area contributed by atoms with E-state index in [1.54, 1.807) is 13.0 Å². The van der Waals surface area contributed by atoms with Gasteiger partial charge in [-0.05, 0) is 48.2 Å². The molecule has 0 atom stereocenters. The Morgan fingerprint density at radius 1 is 1.56 bits per heavy atom. The molecule has 1 aromatic rings. The summed E-state index contributed by atoms with van der Waals surface area (Å²) in [5.74, 6) is -0.172. The van der Waals surface area contributed by atoms with Crippen molar-refractivity contribution >= 4 is 33.2 Å². The normalized spacial score (nSPS) is 10.4. The molecule has 0 aliphatic rings. The predicted molar refractivity (Wildman–Crippen MR) is 66.2 cm³/mol. The van der Waals surface area contributed by atoms with E-state index in [1.165, 1.54) is 0 Å². The van der Waals surface area contributed by atoms with Crippen LogP contribution in [0.2, 0.25) is 0 Å². The third-order valence-electron chi connectivity index (χ3n) is 2.11. The van der Waals surface area contributed by atoms with Crippen LogP contribution in [0, 0.1) is 5.13 Å². The van der Waals surface area contributed by atoms with Gasteiger partial charge in [-0.1, -0.05) is 11.3 Å². The number of carbonyl (C=O) groups is 1. The Morgan fingerprint density at radius 2 is 2.31 bits per heavy atom. The van der Waals surface area contributed by atoms with E-state index in [4.69, 9.17) is 4.74 Å². The first-order valence-corrected chi connectivity index (χ1v) is 6.83. The predicted octanol–water partition coefficient (Wildman–Crippen LogP) is 3.93. The molecule has 0 aromatic carbocycles. The fourth-order valence-corrected chi connectivity index (χ4v) is 2.73. The van der Waals surface area contributed by atoms with Gasteiger partial charge in [0.05, 0.1) is 10.4 Å². The molecule has 0 spiro atoms. The van der Waals surface area contributed by atoms with Gasteiger partial charge in [0.15, 0.2) is 5.13 Å². The van der Waals surface area contributed by atoms with Gasteiger partial charge in [0.2, 0.25) is 0 Å². The van der Waals surface area contributed by atoms with E-state index in [1.807, 2.05) is 0 Å². The van der Waals surface area contributed by atoms with Crippen LogP contribution in [-0.2, 0) is 16.0 Å². The van der Waals surface area contributed by atoms with Gasteiger partial charge < -0.3 is 4.74 Å². The maximum absolute atomic E-state index is 13.2. The maximum atomic E-state index is 13.2. The molecule has 0 bridgehead atoms. The smallest absolute Gasteiger partial charge is 0.305 e.